The number of carbonyl (C=O) groups is 1. The normalized spacial score (nSPS) is 14.7. The molecule has 1 amide bonds. The molecule has 4 rings (SSSR count). The third-order valence-electron chi connectivity index (χ3n) is 5.26. The molecule has 3 heterocycles. The zero-order valence-corrected chi connectivity index (χ0v) is 16.6. The van der Waals surface area contributed by atoms with Gasteiger partial charge in [-0.1, -0.05) is 30.3 Å². The second-order valence-electron chi connectivity index (χ2n) is 7.00. The van der Waals surface area contributed by atoms with Gasteiger partial charge in [-0.05, 0) is 12.1 Å². The maximum Gasteiger partial charge on any atom is 0.259 e. The maximum absolute atomic E-state index is 12.8. The highest BCUT2D eigenvalue weighted by Crippen LogP contribution is 2.18. The molecule has 29 heavy (non-hydrogen) atoms. The highest BCUT2D eigenvalue weighted by atomic mass is 16.5. The Labute approximate surface area is 170 Å². The topological polar surface area (TPSA) is 63.5 Å². The van der Waals surface area contributed by atoms with Gasteiger partial charge < -0.3 is 14.2 Å². The number of benzene rings is 1. The zero-order valence-electron chi connectivity index (χ0n) is 16.6. The summed E-state index contributed by atoms with van der Waals surface area (Å²) >= 11 is 0. The van der Waals surface area contributed by atoms with Gasteiger partial charge in [0.25, 0.3) is 5.91 Å². The number of amides is 1. The van der Waals surface area contributed by atoms with Crippen LogP contribution in [-0.2, 0) is 6.54 Å². The fourth-order valence-electron chi connectivity index (χ4n) is 3.65. The molecular weight excluding hydrogens is 366 g/mol. The van der Waals surface area contributed by atoms with E-state index >= 15 is 0 Å². The van der Waals surface area contributed by atoms with E-state index in [1.807, 2.05) is 35.5 Å². The van der Waals surface area contributed by atoms with Crippen LogP contribution in [0.1, 0.15) is 10.4 Å². The molecule has 1 aliphatic rings. The van der Waals surface area contributed by atoms with E-state index in [1.54, 1.807) is 18.3 Å². The van der Waals surface area contributed by atoms with Crippen LogP contribution in [0.25, 0.3) is 11.4 Å². The number of imidazole rings is 1. The zero-order chi connectivity index (χ0) is 20.1. The molecule has 0 saturated carbocycles. The Hall–Kier alpha value is -3.19. The van der Waals surface area contributed by atoms with Gasteiger partial charge in [-0.3, -0.25) is 9.69 Å². The fraction of sp³-hybridized carbons (Fsp3) is 0.318. The van der Waals surface area contributed by atoms with Crippen molar-refractivity contribution in [1.29, 1.82) is 0 Å². The number of carbonyl (C=O) groups excluding carboxylic acids is 1. The monoisotopic (exact) mass is 391 g/mol. The molecule has 1 saturated heterocycles. The number of hydrogen-bond acceptors (Lipinski definition) is 5. The summed E-state index contributed by atoms with van der Waals surface area (Å²) in [6, 6.07) is 13.8. The molecule has 3 aromatic rings. The van der Waals surface area contributed by atoms with Crippen LogP contribution in [0.2, 0.25) is 0 Å². The van der Waals surface area contributed by atoms with E-state index in [4.69, 9.17) is 4.74 Å². The summed E-state index contributed by atoms with van der Waals surface area (Å²) < 4.78 is 7.42. The minimum atomic E-state index is -0.0180. The smallest absolute Gasteiger partial charge is 0.259 e. The van der Waals surface area contributed by atoms with Crippen molar-refractivity contribution >= 4 is 5.91 Å². The van der Waals surface area contributed by atoms with Crippen molar-refractivity contribution in [2.75, 3.05) is 39.8 Å². The van der Waals surface area contributed by atoms with Crippen LogP contribution in [-0.4, -0.2) is 70.1 Å². The Morgan fingerprint density at radius 3 is 2.52 bits per heavy atom. The molecule has 7 nitrogen and oxygen atoms in total. The van der Waals surface area contributed by atoms with Crippen molar-refractivity contribution in [3.63, 3.8) is 0 Å². The third-order valence-corrected chi connectivity index (χ3v) is 5.26. The van der Waals surface area contributed by atoms with Gasteiger partial charge in [-0.2, -0.15) is 0 Å². The van der Waals surface area contributed by atoms with Crippen LogP contribution in [0.3, 0.4) is 0 Å². The van der Waals surface area contributed by atoms with Gasteiger partial charge in [0.2, 0.25) is 5.88 Å². The molecule has 1 aromatic carbocycles. The van der Waals surface area contributed by atoms with E-state index in [0.29, 0.717) is 24.5 Å². The summed E-state index contributed by atoms with van der Waals surface area (Å²) in [6.45, 7) is 4.90. The summed E-state index contributed by atoms with van der Waals surface area (Å²) in [6.07, 6.45) is 5.50. The highest BCUT2D eigenvalue weighted by Gasteiger charge is 2.24. The molecular formula is C22H25N5O2. The molecule has 150 valence electrons. The first-order valence-electron chi connectivity index (χ1n) is 9.83. The first-order chi connectivity index (χ1) is 14.3. The summed E-state index contributed by atoms with van der Waals surface area (Å²) in [5.41, 5.74) is 1.65. The summed E-state index contributed by atoms with van der Waals surface area (Å²) in [5.74, 6) is 1.35. The highest BCUT2D eigenvalue weighted by molar-refractivity contribution is 5.96. The molecule has 0 radical (unpaired) electrons. The Morgan fingerprint density at radius 2 is 1.76 bits per heavy atom. The van der Waals surface area contributed by atoms with E-state index in [-0.39, 0.29) is 5.91 Å². The van der Waals surface area contributed by atoms with Gasteiger partial charge in [0, 0.05) is 63.4 Å². The van der Waals surface area contributed by atoms with Crippen molar-refractivity contribution < 1.29 is 9.53 Å². The second-order valence-corrected chi connectivity index (χ2v) is 7.00. The van der Waals surface area contributed by atoms with Crippen molar-refractivity contribution in [1.82, 2.24) is 24.3 Å². The molecule has 7 heteroatoms. The molecule has 0 aliphatic carbocycles. The van der Waals surface area contributed by atoms with Crippen molar-refractivity contribution in [3.05, 3.63) is 66.6 Å². The van der Waals surface area contributed by atoms with Crippen molar-refractivity contribution in [3.8, 4) is 17.3 Å². The quantitative estimate of drug-likeness (QED) is 0.646. The average molecular weight is 391 g/mol. The van der Waals surface area contributed by atoms with Crippen LogP contribution >= 0.6 is 0 Å². The number of aromatic nitrogens is 3. The van der Waals surface area contributed by atoms with E-state index in [2.05, 4.69) is 31.6 Å². The summed E-state index contributed by atoms with van der Waals surface area (Å²) in [5, 5.41) is 0. The van der Waals surface area contributed by atoms with Crippen LogP contribution in [0.15, 0.2) is 61.1 Å². The molecule has 0 bridgehead atoms. The van der Waals surface area contributed by atoms with Crippen LogP contribution in [0.5, 0.6) is 5.88 Å². The van der Waals surface area contributed by atoms with E-state index in [0.717, 1.165) is 37.6 Å². The van der Waals surface area contributed by atoms with Gasteiger partial charge >= 0.3 is 0 Å². The first-order valence-corrected chi connectivity index (χ1v) is 9.83. The SMILES string of the molecule is COc1ncccc1C(=O)N1CCN(CCn2ccnc2-c2ccccc2)CC1. The van der Waals surface area contributed by atoms with Crippen molar-refractivity contribution in [2.45, 2.75) is 6.54 Å². The van der Waals surface area contributed by atoms with Crippen LogP contribution in [0, 0.1) is 0 Å². The summed E-state index contributed by atoms with van der Waals surface area (Å²) in [4.78, 5) is 25.7. The number of methoxy groups -OCH3 is 1. The predicted molar refractivity (Wildman–Crippen MR) is 111 cm³/mol. The molecule has 0 unspecified atom stereocenters. The van der Waals surface area contributed by atoms with E-state index < -0.39 is 0 Å². The lowest BCUT2D eigenvalue weighted by molar-refractivity contribution is 0.0629. The number of ether oxygens (including phenoxy) is 1. The molecule has 0 atom stereocenters. The Kier molecular flexibility index (Phi) is 5.86. The minimum Gasteiger partial charge on any atom is -0.480 e. The number of nitrogens with zero attached hydrogens (tertiary/aromatic N) is 5. The van der Waals surface area contributed by atoms with Gasteiger partial charge in [0.1, 0.15) is 11.4 Å². The maximum atomic E-state index is 12.8. The van der Waals surface area contributed by atoms with Gasteiger partial charge in [0.15, 0.2) is 0 Å². The molecule has 1 fully saturated rings. The van der Waals surface area contributed by atoms with Crippen molar-refractivity contribution in [2.24, 2.45) is 0 Å². The standard InChI is InChI=1S/C22H25N5O2/c1-29-21-19(8-5-9-24-21)22(28)27-16-13-25(14-17-27)12-15-26-11-10-23-20(26)18-6-3-2-4-7-18/h2-11H,12-17H2,1H3. The van der Waals surface area contributed by atoms with Crippen LogP contribution < -0.4 is 4.74 Å². The Bertz CT molecular complexity index is 949. The number of rotatable bonds is 6. The molecule has 0 spiro atoms. The lowest BCUT2D eigenvalue weighted by atomic mass is 10.2. The number of hydrogen-bond donors (Lipinski definition) is 0. The molecule has 1 aliphatic heterocycles. The van der Waals surface area contributed by atoms with Gasteiger partial charge in [-0.15, -0.1) is 0 Å². The van der Waals surface area contributed by atoms with Crippen LogP contribution in [0.4, 0.5) is 0 Å². The lowest BCUT2D eigenvalue weighted by Gasteiger charge is -2.35. The second kappa shape index (κ2) is 8.87. The number of pyridine rings is 1. The average Bonchev–Trinajstić information content (AvgIpc) is 3.27. The molecule has 0 N–H and O–H groups in total. The Balaban J connectivity index is 1.32. The predicted octanol–water partition coefficient (Wildman–Crippen LogP) is 2.41. The Morgan fingerprint density at radius 1 is 0.966 bits per heavy atom. The lowest BCUT2D eigenvalue weighted by Crippen LogP contribution is -2.49. The van der Waals surface area contributed by atoms with E-state index in [9.17, 15) is 4.79 Å². The third kappa shape index (κ3) is 4.30. The fourth-order valence-corrected chi connectivity index (χ4v) is 3.65. The molecule has 2 aromatic heterocycles. The van der Waals surface area contributed by atoms with Gasteiger partial charge in [0.05, 0.1) is 7.11 Å². The number of piperazine rings is 1. The first kappa shape index (κ1) is 19.1. The summed E-state index contributed by atoms with van der Waals surface area (Å²) in [7, 11) is 1.54. The minimum absolute atomic E-state index is 0.0180. The van der Waals surface area contributed by atoms with E-state index in [1.165, 1.54) is 7.11 Å². The van der Waals surface area contributed by atoms with Gasteiger partial charge in [-0.25, -0.2) is 9.97 Å². The largest absolute Gasteiger partial charge is 0.480 e.